The van der Waals surface area contributed by atoms with Crippen molar-refractivity contribution in [3.05, 3.63) is 36.0 Å². The molecule has 0 unspecified atom stereocenters. The smallest absolute Gasteiger partial charge is 0.278 e. The summed E-state index contributed by atoms with van der Waals surface area (Å²) in [5, 5.41) is 1.14. The minimum absolute atomic E-state index is 0.399. The van der Waals surface area contributed by atoms with E-state index in [1.54, 1.807) is 0 Å². The number of fused-ring (bicyclic) bond motifs is 1. The average molecular weight is 267 g/mol. The van der Waals surface area contributed by atoms with Crippen LogP contribution in [0.3, 0.4) is 0 Å². The lowest BCUT2D eigenvalue weighted by atomic mass is 10.1. The van der Waals surface area contributed by atoms with E-state index in [1.165, 1.54) is 18.4 Å². The largest absolute Gasteiger partial charge is 0.361 e. The van der Waals surface area contributed by atoms with Gasteiger partial charge in [-0.1, -0.05) is 6.07 Å². The van der Waals surface area contributed by atoms with Crippen LogP contribution in [0.4, 0.5) is 0 Å². The Kier molecular flexibility index (Phi) is 3.70. The Morgan fingerprint density at radius 2 is 2.06 bits per heavy atom. The molecule has 0 radical (unpaired) electrons. The third kappa shape index (κ3) is 2.90. The number of H-pyrrole nitrogens is 1. The molecule has 2 rings (SSSR count). The number of aromatic nitrogens is 1. The Morgan fingerprint density at radius 3 is 2.78 bits per heavy atom. The van der Waals surface area contributed by atoms with E-state index >= 15 is 0 Å². The summed E-state index contributed by atoms with van der Waals surface area (Å²) in [5.41, 5.74) is 2.20. The van der Waals surface area contributed by atoms with Crippen LogP contribution in [0.1, 0.15) is 5.56 Å². The van der Waals surface area contributed by atoms with Crippen LogP contribution < -0.4 is 4.72 Å². The zero-order chi connectivity index (χ0) is 13.2. The lowest BCUT2D eigenvalue weighted by Gasteiger charge is -2.12. The zero-order valence-corrected chi connectivity index (χ0v) is 11.3. The lowest BCUT2D eigenvalue weighted by molar-refractivity contribution is 0.506. The van der Waals surface area contributed by atoms with Crippen LogP contribution in [0.15, 0.2) is 30.5 Å². The van der Waals surface area contributed by atoms with Gasteiger partial charge in [0.15, 0.2) is 0 Å². The molecule has 98 valence electrons. The molecule has 2 N–H and O–H groups in total. The third-order valence-corrected chi connectivity index (χ3v) is 4.33. The summed E-state index contributed by atoms with van der Waals surface area (Å²) in [6.07, 6.45) is 2.57. The summed E-state index contributed by atoms with van der Waals surface area (Å²) in [4.78, 5) is 3.12. The van der Waals surface area contributed by atoms with Gasteiger partial charge in [0.2, 0.25) is 0 Å². The van der Waals surface area contributed by atoms with Gasteiger partial charge in [-0.3, -0.25) is 0 Å². The van der Waals surface area contributed by atoms with E-state index in [2.05, 4.69) is 15.8 Å². The maximum atomic E-state index is 11.5. The molecular weight excluding hydrogens is 250 g/mol. The Balaban J connectivity index is 1.98. The molecule has 0 saturated carbocycles. The highest BCUT2D eigenvalue weighted by Gasteiger charge is 2.11. The van der Waals surface area contributed by atoms with Gasteiger partial charge in [0.25, 0.3) is 10.2 Å². The van der Waals surface area contributed by atoms with Gasteiger partial charge in [0, 0.05) is 32.4 Å². The first-order valence-corrected chi connectivity index (χ1v) is 7.16. The second-order valence-corrected chi connectivity index (χ2v) is 6.30. The van der Waals surface area contributed by atoms with Gasteiger partial charge in [-0.25, -0.2) is 4.72 Å². The second kappa shape index (κ2) is 5.09. The molecule has 2 aromatic rings. The highest BCUT2D eigenvalue weighted by atomic mass is 32.2. The third-order valence-electron chi connectivity index (χ3n) is 2.80. The minimum Gasteiger partial charge on any atom is -0.361 e. The number of nitrogens with zero attached hydrogens (tertiary/aromatic N) is 1. The van der Waals surface area contributed by atoms with Crippen LogP contribution >= 0.6 is 0 Å². The molecule has 0 aliphatic carbocycles. The van der Waals surface area contributed by atoms with Crippen LogP contribution in [0.25, 0.3) is 10.9 Å². The molecule has 1 aromatic carbocycles. The van der Waals surface area contributed by atoms with Gasteiger partial charge in [0.05, 0.1) is 0 Å². The molecule has 1 heterocycles. The normalized spacial score (nSPS) is 12.4. The molecular formula is C12H17N3O2S. The Labute approximate surface area is 107 Å². The number of aromatic amines is 1. The zero-order valence-electron chi connectivity index (χ0n) is 10.5. The van der Waals surface area contributed by atoms with Crippen molar-refractivity contribution in [1.82, 2.24) is 14.0 Å². The summed E-state index contributed by atoms with van der Waals surface area (Å²) in [5.74, 6) is 0. The molecule has 0 fully saturated rings. The predicted molar refractivity (Wildman–Crippen MR) is 72.6 cm³/mol. The van der Waals surface area contributed by atoms with E-state index in [0.29, 0.717) is 13.0 Å². The first-order chi connectivity index (χ1) is 8.49. The highest BCUT2D eigenvalue weighted by Crippen LogP contribution is 2.14. The number of benzene rings is 1. The van der Waals surface area contributed by atoms with Gasteiger partial charge < -0.3 is 4.98 Å². The van der Waals surface area contributed by atoms with Crippen molar-refractivity contribution in [3.8, 4) is 0 Å². The summed E-state index contributed by atoms with van der Waals surface area (Å²) in [7, 11) is -0.307. The number of nitrogens with one attached hydrogen (secondary N) is 2. The first kappa shape index (κ1) is 13.1. The van der Waals surface area contributed by atoms with E-state index < -0.39 is 10.2 Å². The topological polar surface area (TPSA) is 65.2 Å². The van der Waals surface area contributed by atoms with Gasteiger partial charge >= 0.3 is 0 Å². The molecule has 0 saturated heterocycles. The van der Waals surface area contributed by atoms with Gasteiger partial charge in [0.1, 0.15) is 0 Å². The van der Waals surface area contributed by atoms with Crippen molar-refractivity contribution >= 4 is 21.1 Å². The average Bonchev–Trinajstić information content (AvgIpc) is 2.75. The molecule has 0 aliphatic rings. The fraction of sp³-hybridized carbons (Fsp3) is 0.333. The van der Waals surface area contributed by atoms with E-state index in [-0.39, 0.29) is 0 Å². The molecule has 0 atom stereocenters. The summed E-state index contributed by atoms with van der Waals surface area (Å²) in [6.45, 7) is 0.399. The van der Waals surface area contributed by atoms with Gasteiger partial charge in [-0.2, -0.15) is 12.7 Å². The predicted octanol–water partition coefficient (Wildman–Crippen LogP) is 1.11. The maximum absolute atomic E-state index is 11.5. The van der Waals surface area contributed by atoms with Crippen LogP contribution in [0.5, 0.6) is 0 Å². The Hall–Kier alpha value is -1.37. The molecule has 5 nitrogen and oxygen atoms in total. The van der Waals surface area contributed by atoms with Crippen molar-refractivity contribution in [3.63, 3.8) is 0 Å². The van der Waals surface area contributed by atoms with Crippen molar-refractivity contribution in [1.29, 1.82) is 0 Å². The molecule has 0 spiro atoms. The highest BCUT2D eigenvalue weighted by molar-refractivity contribution is 7.87. The Bertz CT molecular complexity index is 632. The fourth-order valence-electron chi connectivity index (χ4n) is 1.71. The lowest BCUT2D eigenvalue weighted by Crippen LogP contribution is -2.36. The standard InChI is InChI=1S/C12H17N3O2S/c1-15(2)18(16,17)14-8-5-10-3-4-12-11(9-10)6-7-13-12/h3-4,6-7,9,13-14H,5,8H2,1-2H3. The number of hydrogen-bond acceptors (Lipinski definition) is 2. The molecule has 0 aliphatic heterocycles. The van der Waals surface area contributed by atoms with E-state index in [0.717, 1.165) is 16.5 Å². The van der Waals surface area contributed by atoms with E-state index in [9.17, 15) is 8.42 Å². The first-order valence-electron chi connectivity index (χ1n) is 5.72. The summed E-state index contributed by atoms with van der Waals surface area (Å²) >= 11 is 0. The van der Waals surface area contributed by atoms with Crippen molar-refractivity contribution in [2.75, 3.05) is 20.6 Å². The Morgan fingerprint density at radius 1 is 1.28 bits per heavy atom. The van der Waals surface area contributed by atoms with Gasteiger partial charge in [-0.15, -0.1) is 0 Å². The molecule has 0 amide bonds. The SMILES string of the molecule is CN(C)S(=O)(=O)NCCc1ccc2[nH]ccc2c1. The van der Waals surface area contributed by atoms with Crippen molar-refractivity contribution in [2.24, 2.45) is 0 Å². The summed E-state index contributed by atoms with van der Waals surface area (Å²) < 4.78 is 26.7. The second-order valence-electron chi connectivity index (χ2n) is 4.33. The van der Waals surface area contributed by atoms with E-state index in [4.69, 9.17) is 0 Å². The quantitative estimate of drug-likeness (QED) is 0.852. The molecule has 6 heteroatoms. The monoisotopic (exact) mass is 267 g/mol. The fourth-order valence-corrected chi connectivity index (χ4v) is 2.33. The molecule has 18 heavy (non-hydrogen) atoms. The van der Waals surface area contributed by atoms with E-state index in [1.807, 2.05) is 24.4 Å². The molecule has 1 aromatic heterocycles. The summed E-state index contributed by atoms with van der Waals surface area (Å²) in [6, 6.07) is 8.08. The van der Waals surface area contributed by atoms with Crippen LogP contribution in [0, 0.1) is 0 Å². The van der Waals surface area contributed by atoms with Crippen LogP contribution in [0.2, 0.25) is 0 Å². The van der Waals surface area contributed by atoms with Crippen molar-refractivity contribution in [2.45, 2.75) is 6.42 Å². The van der Waals surface area contributed by atoms with Gasteiger partial charge in [-0.05, 0) is 35.6 Å². The minimum atomic E-state index is -3.32. The number of rotatable bonds is 5. The molecule has 0 bridgehead atoms. The van der Waals surface area contributed by atoms with Crippen LogP contribution in [-0.2, 0) is 16.6 Å². The number of hydrogen-bond donors (Lipinski definition) is 2. The maximum Gasteiger partial charge on any atom is 0.278 e. The van der Waals surface area contributed by atoms with Crippen LogP contribution in [-0.4, -0.2) is 38.3 Å². The van der Waals surface area contributed by atoms with Crippen molar-refractivity contribution < 1.29 is 8.42 Å².